The summed E-state index contributed by atoms with van der Waals surface area (Å²) in [6.45, 7) is 2.21. The Labute approximate surface area is 89.2 Å². The van der Waals surface area contributed by atoms with Crippen molar-refractivity contribution >= 4 is 5.97 Å². The number of carbonyl (C=O) groups is 1. The standard InChI is InChI=1S/C11H15NO3/c1-3-15-11(13)7-6-9-10(14-2)5-4-8-12-9/h4-5,8H,3,6-7H2,1-2H3. The average Bonchev–Trinajstić information content (AvgIpc) is 2.27. The molecule has 0 aliphatic carbocycles. The fraction of sp³-hybridized carbons (Fsp3) is 0.455. The summed E-state index contributed by atoms with van der Waals surface area (Å²) in [5.74, 6) is 0.506. The van der Waals surface area contributed by atoms with E-state index in [9.17, 15) is 4.79 Å². The van der Waals surface area contributed by atoms with Crippen LogP contribution in [0.1, 0.15) is 19.0 Å². The highest BCUT2D eigenvalue weighted by Gasteiger charge is 2.07. The van der Waals surface area contributed by atoms with Crippen LogP contribution in [0.2, 0.25) is 0 Å². The van der Waals surface area contributed by atoms with Gasteiger partial charge in [0.25, 0.3) is 0 Å². The van der Waals surface area contributed by atoms with Crippen molar-refractivity contribution in [2.75, 3.05) is 13.7 Å². The predicted octanol–water partition coefficient (Wildman–Crippen LogP) is 1.59. The lowest BCUT2D eigenvalue weighted by Gasteiger charge is -2.06. The van der Waals surface area contributed by atoms with Crippen molar-refractivity contribution in [3.8, 4) is 5.75 Å². The van der Waals surface area contributed by atoms with Crippen LogP contribution in [0.4, 0.5) is 0 Å². The summed E-state index contributed by atoms with van der Waals surface area (Å²) in [5, 5.41) is 0. The largest absolute Gasteiger partial charge is 0.495 e. The predicted molar refractivity (Wildman–Crippen MR) is 55.7 cm³/mol. The number of aromatic nitrogens is 1. The van der Waals surface area contributed by atoms with E-state index in [1.54, 1.807) is 26.3 Å². The summed E-state index contributed by atoms with van der Waals surface area (Å²) >= 11 is 0. The van der Waals surface area contributed by atoms with Crippen molar-refractivity contribution in [1.82, 2.24) is 4.98 Å². The van der Waals surface area contributed by atoms with Gasteiger partial charge < -0.3 is 9.47 Å². The highest BCUT2D eigenvalue weighted by molar-refractivity contribution is 5.69. The van der Waals surface area contributed by atoms with E-state index < -0.39 is 0 Å². The van der Waals surface area contributed by atoms with Crippen molar-refractivity contribution in [2.24, 2.45) is 0 Å². The maximum absolute atomic E-state index is 11.1. The molecule has 0 spiro atoms. The van der Waals surface area contributed by atoms with Crippen LogP contribution in [-0.4, -0.2) is 24.7 Å². The first-order valence-corrected chi connectivity index (χ1v) is 4.91. The molecule has 0 N–H and O–H groups in total. The molecule has 0 atom stereocenters. The van der Waals surface area contributed by atoms with E-state index in [4.69, 9.17) is 9.47 Å². The van der Waals surface area contributed by atoms with Crippen LogP contribution >= 0.6 is 0 Å². The summed E-state index contributed by atoms with van der Waals surface area (Å²) in [4.78, 5) is 15.3. The fourth-order valence-corrected chi connectivity index (χ4v) is 1.25. The van der Waals surface area contributed by atoms with E-state index >= 15 is 0 Å². The van der Waals surface area contributed by atoms with E-state index in [1.807, 2.05) is 6.07 Å². The van der Waals surface area contributed by atoms with Gasteiger partial charge in [-0.05, 0) is 19.1 Å². The van der Waals surface area contributed by atoms with Gasteiger partial charge in [-0.1, -0.05) is 0 Å². The van der Waals surface area contributed by atoms with E-state index in [0.717, 1.165) is 5.69 Å². The molecule has 0 amide bonds. The van der Waals surface area contributed by atoms with Gasteiger partial charge in [0.05, 0.1) is 25.8 Å². The molecule has 15 heavy (non-hydrogen) atoms. The lowest BCUT2D eigenvalue weighted by Crippen LogP contribution is -2.06. The number of rotatable bonds is 5. The van der Waals surface area contributed by atoms with Gasteiger partial charge in [0.2, 0.25) is 0 Å². The number of ether oxygens (including phenoxy) is 2. The lowest BCUT2D eigenvalue weighted by molar-refractivity contribution is -0.143. The Bertz CT molecular complexity index is 325. The Kier molecular flexibility index (Phi) is 4.60. The van der Waals surface area contributed by atoms with Crippen LogP contribution < -0.4 is 4.74 Å². The molecule has 0 aliphatic rings. The van der Waals surface area contributed by atoms with Crippen LogP contribution in [0.3, 0.4) is 0 Å². The minimum Gasteiger partial charge on any atom is -0.495 e. The molecule has 0 fully saturated rings. The van der Waals surface area contributed by atoms with Gasteiger partial charge in [-0.2, -0.15) is 0 Å². The lowest BCUT2D eigenvalue weighted by atomic mass is 10.2. The van der Waals surface area contributed by atoms with E-state index in [0.29, 0.717) is 25.2 Å². The Hall–Kier alpha value is -1.58. The highest BCUT2D eigenvalue weighted by Crippen LogP contribution is 2.16. The SMILES string of the molecule is CCOC(=O)CCc1ncccc1OC. The molecular formula is C11H15NO3. The minimum absolute atomic E-state index is 0.204. The molecule has 1 aromatic heterocycles. The van der Waals surface area contributed by atoms with Crippen LogP contribution in [0, 0.1) is 0 Å². The summed E-state index contributed by atoms with van der Waals surface area (Å²) in [6, 6.07) is 3.63. The number of hydrogen-bond donors (Lipinski definition) is 0. The molecule has 0 saturated carbocycles. The van der Waals surface area contributed by atoms with Crippen molar-refractivity contribution in [3.05, 3.63) is 24.0 Å². The number of pyridine rings is 1. The van der Waals surface area contributed by atoms with Crippen LogP contribution in [0.25, 0.3) is 0 Å². The van der Waals surface area contributed by atoms with Crippen molar-refractivity contribution in [2.45, 2.75) is 19.8 Å². The quantitative estimate of drug-likeness (QED) is 0.691. The van der Waals surface area contributed by atoms with E-state index in [2.05, 4.69) is 4.98 Å². The maximum atomic E-state index is 11.1. The zero-order chi connectivity index (χ0) is 11.1. The summed E-state index contributed by atoms with van der Waals surface area (Å²) in [7, 11) is 1.59. The number of methoxy groups -OCH3 is 1. The second-order valence-corrected chi connectivity index (χ2v) is 2.96. The fourth-order valence-electron chi connectivity index (χ4n) is 1.25. The molecule has 1 rings (SSSR count). The first kappa shape index (κ1) is 11.5. The van der Waals surface area contributed by atoms with Gasteiger partial charge in [-0.25, -0.2) is 0 Å². The highest BCUT2D eigenvalue weighted by atomic mass is 16.5. The number of aryl methyl sites for hydroxylation is 1. The smallest absolute Gasteiger partial charge is 0.306 e. The maximum Gasteiger partial charge on any atom is 0.306 e. The number of carbonyl (C=O) groups excluding carboxylic acids is 1. The van der Waals surface area contributed by atoms with Gasteiger partial charge >= 0.3 is 5.97 Å². The summed E-state index contributed by atoms with van der Waals surface area (Å²) < 4.78 is 9.95. The molecule has 0 unspecified atom stereocenters. The Balaban J connectivity index is 2.53. The molecule has 0 aliphatic heterocycles. The molecule has 0 bridgehead atoms. The summed E-state index contributed by atoms with van der Waals surface area (Å²) in [6.07, 6.45) is 2.56. The van der Waals surface area contributed by atoms with Crippen LogP contribution in [0.15, 0.2) is 18.3 Å². The second-order valence-electron chi connectivity index (χ2n) is 2.96. The van der Waals surface area contributed by atoms with Crippen molar-refractivity contribution in [1.29, 1.82) is 0 Å². The normalized spacial score (nSPS) is 9.73. The summed E-state index contributed by atoms with van der Waals surface area (Å²) in [5.41, 5.74) is 0.785. The number of hydrogen-bond acceptors (Lipinski definition) is 4. The van der Waals surface area contributed by atoms with E-state index in [-0.39, 0.29) is 5.97 Å². The average molecular weight is 209 g/mol. The first-order chi connectivity index (χ1) is 7.27. The van der Waals surface area contributed by atoms with Gasteiger partial charge in [-0.3, -0.25) is 9.78 Å². The van der Waals surface area contributed by atoms with Gasteiger partial charge in [0, 0.05) is 12.6 Å². The molecule has 82 valence electrons. The monoisotopic (exact) mass is 209 g/mol. The van der Waals surface area contributed by atoms with Crippen LogP contribution in [0.5, 0.6) is 5.75 Å². The Morgan fingerprint density at radius 1 is 1.53 bits per heavy atom. The van der Waals surface area contributed by atoms with Gasteiger partial charge in [0.1, 0.15) is 5.75 Å². The minimum atomic E-state index is -0.204. The molecule has 4 heteroatoms. The zero-order valence-electron chi connectivity index (χ0n) is 9.03. The third-order valence-corrected chi connectivity index (χ3v) is 1.94. The number of nitrogens with zero attached hydrogens (tertiary/aromatic N) is 1. The molecule has 4 nitrogen and oxygen atoms in total. The molecule has 0 aromatic carbocycles. The second kappa shape index (κ2) is 6.01. The molecule has 0 saturated heterocycles. The van der Waals surface area contributed by atoms with E-state index in [1.165, 1.54) is 0 Å². The third-order valence-electron chi connectivity index (χ3n) is 1.94. The van der Waals surface area contributed by atoms with Crippen LogP contribution in [-0.2, 0) is 16.0 Å². The Morgan fingerprint density at radius 2 is 2.33 bits per heavy atom. The van der Waals surface area contributed by atoms with Gasteiger partial charge in [0.15, 0.2) is 0 Å². The number of esters is 1. The zero-order valence-corrected chi connectivity index (χ0v) is 9.03. The molecular weight excluding hydrogens is 194 g/mol. The van der Waals surface area contributed by atoms with Crippen molar-refractivity contribution in [3.63, 3.8) is 0 Å². The molecule has 1 aromatic rings. The topological polar surface area (TPSA) is 48.4 Å². The Morgan fingerprint density at radius 3 is 3.00 bits per heavy atom. The molecule has 0 radical (unpaired) electrons. The molecule has 1 heterocycles. The van der Waals surface area contributed by atoms with Gasteiger partial charge in [-0.15, -0.1) is 0 Å². The third kappa shape index (κ3) is 3.58. The first-order valence-electron chi connectivity index (χ1n) is 4.91. The van der Waals surface area contributed by atoms with Crippen molar-refractivity contribution < 1.29 is 14.3 Å².